The Balaban J connectivity index is 2.29. The molecule has 1 aliphatic carbocycles. The van der Waals surface area contributed by atoms with Gasteiger partial charge in [-0.3, -0.25) is 0 Å². The van der Waals surface area contributed by atoms with E-state index in [1.54, 1.807) is 0 Å². The van der Waals surface area contributed by atoms with Gasteiger partial charge < -0.3 is 10.6 Å². The Labute approximate surface area is 110 Å². The van der Waals surface area contributed by atoms with E-state index in [1.165, 1.54) is 16.7 Å². The van der Waals surface area contributed by atoms with E-state index in [9.17, 15) is 0 Å². The van der Waals surface area contributed by atoms with Gasteiger partial charge in [-0.1, -0.05) is 36.4 Å². The van der Waals surface area contributed by atoms with Crippen LogP contribution in [0.2, 0.25) is 0 Å². The average molecular weight is 244 g/mol. The Kier molecular flexibility index (Phi) is 3.60. The maximum Gasteiger partial charge on any atom is 0.0626 e. The predicted molar refractivity (Wildman–Crippen MR) is 77.5 cm³/mol. The molecule has 0 bridgehead atoms. The van der Waals surface area contributed by atoms with Crippen molar-refractivity contribution in [2.45, 2.75) is 37.8 Å². The van der Waals surface area contributed by atoms with Crippen LogP contribution >= 0.6 is 0 Å². The molecule has 2 heteroatoms. The number of benzene rings is 1. The molecule has 2 nitrogen and oxygen atoms in total. The lowest BCUT2D eigenvalue weighted by Gasteiger charge is -2.42. The fourth-order valence-electron chi connectivity index (χ4n) is 2.98. The minimum Gasteiger partial charge on any atom is -0.318 e. The topological polar surface area (TPSA) is 29.3 Å². The molecule has 0 saturated heterocycles. The van der Waals surface area contributed by atoms with E-state index >= 15 is 0 Å². The number of nitrogens with zero attached hydrogens (tertiary/aromatic N) is 1. The van der Waals surface area contributed by atoms with Gasteiger partial charge in [0.25, 0.3) is 0 Å². The molecule has 0 spiro atoms. The lowest BCUT2D eigenvalue weighted by atomic mass is 9.71. The number of nitrogens with two attached hydrogens (primary N) is 1. The van der Waals surface area contributed by atoms with Gasteiger partial charge in [-0.05, 0) is 51.4 Å². The summed E-state index contributed by atoms with van der Waals surface area (Å²) in [5.41, 5.74) is 10.0. The number of hydrogen-bond acceptors (Lipinski definition) is 2. The third kappa shape index (κ3) is 2.23. The summed E-state index contributed by atoms with van der Waals surface area (Å²) < 4.78 is 0. The Morgan fingerprint density at radius 3 is 2.56 bits per heavy atom. The van der Waals surface area contributed by atoms with Gasteiger partial charge in [-0.15, -0.1) is 0 Å². The van der Waals surface area contributed by atoms with Crippen LogP contribution < -0.4 is 5.73 Å². The van der Waals surface area contributed by atoms with Crippen molar-refractivity contribution in [1.82, 2.24) is 4.90 Å². The van der Waals surface area contributed by atoms with E-state index in [-0.39, 0.29) is 5.54 Å². The number of rotatable bonds is 2. The van der Waals surface area contributed by atoms with Crippen LogP contribution in [0.4, 0.5) is 0 Å². The highest BCUT2D eigenvalue weighted by Gasteiger charge is 2.37. The van der Waals surface area contributed by atoms with Crippen LogP contribution in [-0.2, 0) is 5.54 Å². The molecule has 1 aliphatic rings. The Bertz CT molecular complexity index is 450. The van der Waals surface area contributed by atoms with E-state index in [4.69, 9.17) is 5.73 Å². The molecule has 0 amide bonds. The molecule has 18 heavy (non-hydrogen) atoms. The molecule has 0 radical (unpaired) electrons. The summed E-state index contributed by atoms with van der Waals surface area (Å²) in [5.74, 6) is 0. The van der Waals surface area contributed by atoms with Crippen molar-refractivity contribution in [2.24, 2.45) is 5.73 Å². The van der Waals surface area contributed by atoms with Gasteiger partial charge in [0.1, 0.15) is 0 Å². The average Bonchev–Trinajstić information content (AvgIpc) is 2.33. The quantitative estimate of drug-likeness (QED) is 0.811. The molecule has 0 heterocycles. The molecule has 0 aliphatic heterocycles. The third-order valence-corrected chi connectivity index (χ3v) is 4.34. The molecule has 1 aromatic rings. The Morgan fingerprint density at radius 2 is 2.00 bits per heavy atom. The summed E-state index contributed by atoms with van der Waals surface area (Å²) in [4.78, 5) is 2.28. The molecule has 2 N–H and O–H groups in total. The van der Waals surface area contributed by atoms with Gasteiger partial charge in [0.2, 0.25) is 0 Å². The van der Waals surface area contributed by atoms with Crippen molar-refractivity contribution in [2.75, 3.05) is 14.1 Å². The normalized spacial score (nSPS) is 28.7. The van der Waals surface area contributed by atoms with Crippen LogP contribution in [0.15, 0.2) is 36.4 Å². The van der Waals surface area contributed by atoms with E-state index in [0.717, 1.165) is 19.3 Å². The van der Waals surface area contributed by atoms with Gasteiger partial charge in [0.05, 0.1) is 5.54 Å². The van der Waals surface area contributed by atoms with Crippen LogP contribution in [0.25, 0.3) is 0 Å². The van der Waals surface area contributed by atoms with Gasteiger partial charge in [0, 0.05) is 6.04 Å². The summed E-state index contributed by atoms with van der Waals surface area (Å²) in [6.45, 7) is 6.40. The monoisotopic (exact) mass is 244 g/mol. The molecule has 1 saturated carbocycles. The summed E-state index contributed by atoms with van der Waals surface area (Å²) in [7, 11) is 4.27. The van der Waals surface area contributed by atoms with Crippen molar-refractivity contribution >= 4 is 0 Å². The first-order valence-electron chi connectivity index (χ1n) is 6.65. The highest BCUT2D eigenvalue weighted by atomic mass is 15.1. The van der Waals surface area contributed by atoms with E-state index in [0.29, 0.717) is 6.04 Å². The van der Waals surface area contributed by atoms with Crippen LogP contribution in [0.1, 0.15) is 30.4 Å². The largest absolute Gasteiger partial charge is 0.318 e. The summed E-state index contributed by atoms with van der Waals surface area (Å²) in [6, 6.07) is 9.00. The van der Waals surface area contributed by atoms with Crippen LogP contribution in [0.5, 0.6) is 0 Å². The van der Waals surface area contributed by atoms with Crippen LogP contribution in [0, 0.1) is 6.92 Å². The van der Waals surface area contributed by atoms with Crippen LogP contribution in [0.3, 0.4) is 0 Å². The second kappa shape index (κ2) is 4.87. The molecule has 0 aromatic heterocycles. The van der Waals surface area contributed by atoms with Crippen LogP contribution in [-0.4, -0.2) is 25.0 Å². The van der Waals surface area contributed by atoms with E-state index in [2.05, 4.69) is 56.8 Å². The number of aryl methyl sites for hydroxylation is 1. The first kappa shape index (κ1) is 13.3. The van der Waals surface area contributed by atoms with Gasteiger partial charge in [-0.2, -0.15) is 0 Å². The molecular weight excluding hydrogens is 220 g/mol. The van der Waals surface area contributed by atoms with Gasteiger partial charge >= 0.3 is 0 Å². The summed E-state index contributed by atoms with van der Waals surface area (Å²) >= 11 is 0. The minimum absolute atomic E-state index is 0.335. The SMILES string of the molecule is C=C1CC(N(C)C)CCC1(N)c1ccccc1C. The van der Waals surface area contributed by atoms with Crippen molar-refractivity contribution in [3.05, 3.63) is 47.5 Å². The number of hydrogen-bond donors (Lipinski definition) is 1. The standard InChI is InChI=1S/C16H24N2/c1-12-7-5-6-8-15(12)16(17)10-9-14(18(3)4)11-13(16)2/h5-8,14H,2,9-11,17H2,1,3-4H3. The first-order chi connectivity index (χ1) is 8.45. The molecule has 2 rings (SSSR count). The lowest BCUT2D eigenvalue weighted by Crippen LogP contribution is -2.46. The summed E-state index contributed by atoms with van der Waals surface area (Å²) in [6.07, 6.45) is 3.12. The van der Waals surface area contributed by atoms with Gasteiger partial charge in [-0.25, -0.2) is 0 Å². The second-order valence-corrected chi connectivity index (χ2v) is 5.75. The highest BCUT2D eigenvalue weighted by Crippen LogP contribution is 2.40. The summed E-state index contributed by atoms with van der Waals surface area (Å²) in [5, 5.41) is 0. The molecule has 1 fully saturated rings. The molecule has 1 aromatic carbocycles. The minimum atomic E-state index is -0.335. The fourth-order valence-corrected chi connectivity index (χ4v) is 2.98. The smallest absolute Gasteiger partial charge is 0.0626 e. The van der Waals surface area contributed by atoms with Crippen molar-refractivity contribution in [3.63, 3.8) is 0 Å². The molecule has 2 unspecified atom stereocenters. The fraction of sp³-hybridized carbons (Fsp3) is 0.500. The van der Waals surface area contributed by atoms with Crippen molar-refractivity contribution < 1.29 is 0 Å². The molecule has 2 atom stereocenters. The molecular formula is C16H24N2. The van der Waals surface area contributed by atoms with Crippen molar-refractivity contribution in [1.29, 1.82) is 0 Å². The zero-order valence-corrected chi connectivity index (χ0v) is 11.7. The third-order valence-electron chi connectivity index (χ3n) is 4.34. The zero-order valence-electron chi connectivity index (χ0n) is 11.7. The van der Waals surface area contributed by atoms with Crippen molar-refractivity contribution in [3.8, 4) is 0 Å². The maximum atomic E-state index is 6.67. The lowest BCUT2D eigenvalue weighted by molar-refractivity contribution is 0.219. The van der Waals surface area contributed by atoms with E-state index in [1.807, 2.05) is 0 Å². The second-order valence-electron chi connectivity index (χ2n) is 5.75. The highest BCUT2D eigenvalue weighted by molar-refractivity contribution is 5.40. The Morgan fingerprint density at radius 1 is 1.33 bits per heavy atom. The van der Waals surface area contributed by atoms with E-state index < -0.39 is 0 Å². The molecule has 98 valence electrons. The maximum absolute atomic E-state index is 6.67. The predicted octanol–water partition coefficient (Wildman–Crippen LogP) is 2.82. The Hall–Kier alpha value is -1.12. The van der Waals surface area contributed by atoms with Gasteiger partial charge in [0.15, 0.2) is 0 Å². The first-order valence-corrected chi connectivity index (χ1v) is 6.65. The zero-order chi connectivity index (χ0) is 13.3.